The van der Waals surface area contributed by atoms with Crippen LogP contribution in [0.4, 0.5) is 11.4 Å². The predicted molar refractivity (Wildman–Crippen MR) is 84.9 cm³/mol. The first-order valence-electron chi connectivity index (χ1n) is 6.35. The number of hydrogen-bond acceptors (Lipinski definition) is 3. The molecule has 0 atom stereocenters. The molecule has 0 bridgehead atoms. The van der Waals surface area contributed by atoms with E-state index in [1.807, 2.05) is 48.5 Å². The van der Waals surface area contributed by atoms with Crippen molar-refractivity contribution in [2.75, 3.05) is 11.1 Å². The first-order valence-corrected chi connectivity index (χ1v) is 6.73. The van der Waals surface area contributed by atoms with Gasteiger partial charge in [0.15, 0.2) is 0 Å². The number of pyridine rings is 1. The van der Waals surface area contributed by atoms with Gasteiger partial charge in [-0.3, -0.25) is 4.98 Å². The quantitative estimate of drug-likeness (QED) is 0.712. The van der Waals surface area contributed by atoms with E-state index in [0.29, 0.717) is 12.2 Å². The van der Waals surface area contributed by atoms with Crippen molar-refractivity contribution >= 4 is 33.9 Å². The second-order valence-corrected chi connectivity index (χ2v) is 4.99. The fourth-order valence-corrected chi connectivity index (χ4v) is 2.35. The summed E-state index contributed by atoms with van der Waals surface area (Å²) in [5, 5.41) is 5.22. The SMILES string of the molecule is Nc1ccc2c(NCc3ccccc3Cl)ccnc2c1. The van der Waals surface area contributed by atoms with Crippen molar-refractivity contribution < 1.29 is 0 Å². The number of benzene rings is 2. The molecule has 0 spiro atoms. The molecule has 0 unspecified atom stereocenters. The molecule has 4 heteroatoms. The van der Waals surface area contributed by atoms with Gasteiger partial charge in [-0.1, -0.05) is 29.8 Å². The summed E-state index contributed by atoms with van der Waals surface area (Å²) in [6.45, 7) is 0.670. The van der Waals surface area contributed by atoms with E-state index >= 15 is 0 Å². The fourth-order valence-electron chi connectivity index (χ4n) is 2.15. The van der Waals surface area contributed by atoms with E-state index in [-0.39, 0.29) is 0 Å². The summed E-state index contributed by atoms with van der Waals surface area (Å²) in [5.74, 6) is 0. The molecule has 0 saturated heterocycles. The summed E-state index contributed by atoms with van der Waals surface area (Å²) in [5.41, 5.74) is 9.47. The number of nitrogens with zero attached hydrogens (tertiary/aromatic N) is 1. The monoisotopic (exact) mass is 283 g/mol. The first-order chi connectivity index (χ1) is 9.74. The molecule has 0 radical (unpaired) electrons. The van der Waals surface area contributed by atoms with Gasteiger partial charge in [0.2, 0.25) is 0 Å². The Hall–Kier alpha value is -2.26. The molecule has 1 heterocycles. The van der Waals surface area contributed by atoms with Crippen molar-refractivity contribution in [3.8, 4) is 0 Å². The van der Waals surface area contributed by atoms with Crippen LogP contribution in [0.25, 0.3) is 10.9 Å². The number of halogens is 1. The second-order valence-electron chi connectivity index (χ2n) is 4.58. The number of hydrogen-bond donors (Lipinski definition) is 2. The van der Waals surface area contributed by atoms with Gasteiger partial charge in [-0.15, -0.1) is 0 Å². The minimum absolute atomic E-state index is 0.670. The average molecular weight is 284 g/mol. The molecular weight excluding hydrogens is 270 g/mol. The van der Waals surface area contributed by atoms with Gasteiger partial charge in [-0.25, -0.2) is 0 Å². The van der Waals surface area contributed by atoms with Crippen molar-refractivity contribution in [3.63, 3.8) is 0 Å². The van der Waals surface area contributed by atoms with E-state index in [4.69, 9.17) is 17.3 Å². The Morgan fingerprint density at radius 1 is 1.10 bits per heavy atom. The van der Waals surface area contributed by atoms with E-state index in [0.717, 1.165) is 27.2 Å². The van der Waals surface area contributed by atoms with Crippen LogP contribution in [0, 0.1) is 0 Å². The maximum atomic E-state index is 6.16. The van der Waals surface area contributed by atoms with E-state index in [1.165, 1.54) is 0 Å². The van der Waals surface area contributed by atoms with Crippen LogP contribution in [-0.4, -0.2) is 4.98 Å². The number of nitrogens with two attached hydrogens (primary N) is 1. The Labute approximate surface area is 122 Å². The first kappa shape index (κ1) is 12.8. The minimum atomic E-state index is 0.670. The van der Waals surface area contributed by atoms with E-state index < -0.39 is 0 Å². The number of nitrogens with one attached hydrogen (secondary N) is 1. The fraction of sp³-hybridized carbons (Fsp3) is 0.0625. The van der Waals surface area contributed by atoms with E-state index in [2.05, 4.69) is 10.3 Å². The molecule has 3 nitrogen and oxygen atoms in total. The molecule has 0 aliphatic rings. The Balaban J connectivity index is 1.90. The van der Waals surface area contributed by atoms with Crippen LogP contribution in [0.3, 0.4) is 0 Å². The lowest BCUT2D eigenvalue weighted by atomic mass is 10.1. The van der Waals surface area contributed by atoms with E-state index in [1.54, 1.807) is 6.20 Å². The lowest BCUT2D eigenvalue weighted by Crippen LogP contribution is -2.01. The molecule has 2 aromatic carbocycles. The molecule has 3 rings (SSSR count). The van der Waals surface area contributed by atoms with Crippen molar-refractivity contribution in [1.82, 2.24) is 4.98 Å². The van der Waals surface area contributed by atoms with Gasteiger partial charge in [0.05, 0.1) is 5.52 Å². The third kappa shape index (κ3) is 2.53. The molecule has 0 amide bonds. The Morgan fingerprint density at radius 2 is 1.95 bits per heavy atom. The zero-order chi connectivity index (χ0) is 13.9. The lowest BCUT2D eigenvalue weighted by Gasteiger charge is -2.10. The molecule has 3 aromatic rings. The molecule has 3 N–H and O–H groups in total. The molecule has 0 fully saturated rings. The minimum Gasteiger partial charge on any atom is -0.399 e. The van der Waals surface area contributed by atoms with Gasteiger partial charge >= 0.3 is 0 Å². The van der Waals surface area contributed by atoms with Crippen LogP contribution in [-0.2, 0) is 6.54 Å². The van der Waals surface area contributed by atoms with Crippen LogP contribution < -0.4 is 11.1 Å². The molecule has 0 saturated carbocycles. The van der Waals surface area contributed by atoms with Crippen molar-refractivity contribution in [1.29, 1.82) is 0 Å². The van der Waals surface area contributed by atoms with Crippen LogP contribution in [0.2, 0.25) is 5.02 Å². The normalized spacial score (nSPS) is 10.7. The van der Waals surface area contributed by atoms with Crippen LogP contribution in [0.5, 0.6) is 0 Å². The molecule has 100 valence electrons. The summed E-state index contributed by atoms with van der Waals surface area (Å²) < 4.78 is 0. The van der Waals surface area contributed by atoms with Crippen molar-refractivity contribution in [2.45, 2.75) is 6.54 Å². The largest absolute Gasteiger partial charge is 0.399 e. The summed E-state index contributed by atoms with van der Waals surface area (Å²) in [7, 11) is 0. The molecule has 1 aromatic heterocycles. The average Bonchev–Trinajstić information content (AvgIpc) is 2.46. The second kappa shape index (κ2) is 5.39. The van der Waals surface area contributed by atoms with Gasteiger partial charge in [0, 0.05) is 34.5 Å². The Bertz CT molecular complexity index is 756. The topological polar surface area (TPSA) is 50.9 Å². The summed E-state index contributed by atoms with van der Waals surface area (Å²) in [6, 6.07) is 15.5. The number of anilines is 2. The standard InChI is InChI=1S/C16H14ClN3/c17-14-4-2-1-3-11(14)10-20-15-7-8-19-16-9-12(18)5-6-13(15)16/h1-9H,10,18H2,(H,19,20). The predicted octanol–water partition coefficient (Wildman–Crippen LogP) is 4.08. The highest BCUT2D eigenvalue weighted by Gasteiger charge is 2.03. The van der Waals surface area contributed by atoms with Crippen LogP contribution in [0.15, 0.2) is 54.7 Å². The third-order valence-electron chi connectivity index (χ3n) is 3.19. The van der Waals surface area contributed by atoms with Crippen LogP contribution >= 0.6 is 11.6 Å². The molecule has 20 heavy (non-hydrogen) atoms. The van der Waals surface area contributed by atoms with Gasteiger partial charge in [0.25, 0.3) is 0 Å². The number of aromatic nitrogens is 1. The number of fused-ring (bicyclic) bond motifs is 1. The smallest absolute Gasteiger partial charge is 0.0743 e. The maximum Gasteiger partial charge on any atom is 0.0743 e. The van der Waals surface area contributed by atoms with Gasteiger partial charge in [-0.2, -0.15) is 0 Å². The Morgan fingerprint density at radius 3 is 2.80 bits per heavy atom. The van der Waals surface area contributed by atoms with Crippen LogP contribution in [0.1, 0.15) is 5.56 Å². The van der Waals surface area contributed by atoms with Crippen molar-refractivity contribution in [3.05, 3.63) is 65.3 Å². The molecule has 0 aliphatic heterocycles. The van der Waals surface area contributed by atoms with Gasteiger partial charge in [0.1, 0.15) is 0 Å². The lowest BCUT2D eigenvalue weighted by molar-refractivity contribution is 1.15. The van der Waals surface area contributed by atoms with Gasteiger partial charge in [-0.05, 0) is 35.9 Å². The number of nitrogen functional groups attached to an aromatic ring is 1. The highest BCUT2D eigenvalue weighted by molar-refractivity contribution is 6.31. The maximum absolute atomic E-state index is 6.16. The molecular formula is C16H14ClN3. The third-order valence-corrected chi connectivity index (χ3v) is 3.56. The number of rotatable bonds is 3. The summed E-state index contributed by atoms with van der Waals surface area (Å²) in [4.78, 5) is 4.33. The van der Waals surface area contributed by atoms with Crippen molar-refractivity contribution in [2.24, 2.45) is 0 Å². The highest BCUT2D eigenvalue weighted by atomic mass is 35.5. The summed E-state index contributed by atoms with van der Waals surface area (Å²) in [6.07, 6.45) is 1.77. The molecule has 0 aliphatic carbocycles. The van der Waals surface area contributed by atoms with Gasteiger partial charge < -0.3 is 11.1 Å². The zero-order valence-electron chi connectivity index (χ0n) is 10.8. The highest BCUT2D eigenvalue weighted by Crippen LogP contribution is 2.24. The summed E-state index contributed by atoms with van der Waals surface area (Å²) >= 11 is 6.16. The zero-order valence-corrected chi connectivity index (χ0v) is 11.6. The Kier molecular flexibility index (Phi) is 3.44. The van der Waals surface area contributed by atoms with E-state index in [9.17, 15) is 0 Å².